The van der Waals surface area contributed by atoms with Gasteiger partial charge in [0, 0.05) is 36.8 Å². The van der Waals surface area contributed by atoms with Crippen LogP contribution in [0.25, 0.3) is 22.4 Å². The van der Waals surface area contributed by atoms with E-state index in [0.717, 1.165) is 36.4 Å². The Morgan fingerprint density at radius 1 is 1.10 bits per heavy atom. The molecule has 3 aliphatic rings. The number of carbonyl (C=O) groups excluding carboxylic acids is 2. The predicted octanol–water partition coefficient (Wildman–Crippen LogP) is 3.88. The molecule has 206 valence electrons. The Morgan fingerprint density at radius 2 is 1.90 bits per heavy atom. The lowest BCUT2D eigenvalue weighted by molar-refractivity contribution is -0.130. The van der Waals surface area contributed by atoms with Gasteiger partial charge in [0.2, 0.25) is 11.9 Å². The van der Waals surface area contributed by atoms with Gasteiger partial charge in [0.1, 0.15) is 17.8 Å². The molecule has 2 N–H and O–H groups in total. The number of nitrogens with zero attached hydrogens (tertiary/aromatic N) is 6. The molecule has 2 saturated heterocycles. The molecule has 0 radical (unpaired) electrons. The van der Waals surface area contributed by atoms with Gasteiger partial charge < -0.3 is 19.2 Å². The number of rotatable bonds is 5. The molecule has 11 nitrogen and oxygen atoms in total. The third-order valence-electron chi connectivity index (χ3n) is 8.12. The fourth-order valence-corrected chi connectivity index (χ4v) is 6.05. The van der Waals surface area contributed by atoms with Gasteiger partial charge in [-0.15, -0.1) is 5.48 Å². The van der Waals surface area contributed by atoms with Crippen molar-refractivity contribution in [1.29, 1.82) is 0 Å². The maximum Gasteiger partial charge on any atom is 0.427 e. The quantitative estimate of drug-likeness (QED) is 0.489. The maximum absolute atomic E-state index is 12.8. The van der Waals surface area contributed by atoms with Gasteiger partial charge in [0.05, 0.1) is 0 Å². The molecule has 1 aliphatic carbocycles. The number of hydrogen-bond donors (Lipinski definition) is 2. The Hall–Kier alpha value is -3.44. The number of aromatic nitrogens is 4. The Kier molecular flexibility index (Phi) is 6.80. The van der Waals surface area contributed by atoms with Gasteiger partial charge in [0.25, 0.3) is 0 Å². The fraction of sp³-hybridized carbons (Fsp3) is 0.519. The lowest BCUT2D eigenvalue weighted by Crippen LogP contribution is -2.54. The summed E-state index contributed by atoms with van der Waals surface area (Å²) >= 11 is 6.41. The number of imidazole rings is 1. The monoisotopic (exact) mass is 552 g/mol. The Labute approximate surface area is 231 Å². The SMILES string of the molecule is CC1CCC(Cn2c(N3CC(=O)N(C)C[C@H]3C)nc3nc(C4NOC(=O)N4)nc(-c4cccc(Cl)c4)c32)CC1. The van der Waals surface area contributed by atoms with Crippen molar-refractivity contribution in [3.63, 3.8) is 0 Å². The second-order valence-corrected chi connectivity index (χ2v) is 11.5. The van der Waals surface area contributed by atoms with Crippen molar-refractivity contribution in [1.82, 2.24) is 35.2 Å². The second-order valence-electron chi connectivity index (χ2n) is 11.1. The van der Waals surface area contributed by atoms with Gasteiger partial charge in [-0.05, 0) is 43.7 Å². The minimum Gasteiger partial charge on any atom is -0.351 e. The molecule has 1 saturated carbocycles. The number of halogens is 1. The smallest absolute Gasteiger partial charge is 0.351 e. The van der Waals surface area contributed by atoms with Crippen LogP contribution in [0.5, 0.6) is 0 Å². The third kappa shape index (κ3) is 5.00. The largest absolute Gasteiger partial charge is 0.427 e. The van der Waals surface area contributed by atoms with Crippen LogP contribution in [-0.2, 0) is 16.2 Å². The highest BCUT2D eigenvalue weighted by Crippen LogP contribution is 2.36. The molecule has 2 aromatic heterocycles. The molecule has 3 aromatic rings. The van der Waals surface area contributed by atoms with Crippen LogP contribution in [0.2, 0.25) is 5.02 Å². The summed E-state index contributed by atoms with van der Waals surface area (Å²) in [6, 6.07) is 7.60. The van der Waals surface area contributed by atoms with Crippen LogP contribution in [0.3, 0.4) is 0 Å². The van der Waals surface area contributed by atoms with E-state index in [2.05, 4.69) is 34.1 Å². The van der Waals surface area contributed by atoms with Crippen molar-refractivity contribution in [2.24, 2.45) is 11.8 Å². The highest BCUT2D eigenvalue weighted by atomic mass is 35.5. The molecule has 39 heavy (non-hydrogen) atoms. The highest BCUT2D eigenvalue weighted by molar-refractivity contribution is 6.30. The molecule has 1 unspecified atom stereocenters. The van der Waals surface area contributed by atoms with Crippen LogP contribution in [0, 0.1) is 11.8 Å². The second kappa shape index (κ2) is 10.3. The lowest BCUT2D eigenvalue weighted by Gasteiger charge is -2.38. The Balaban J connectivity index is 1.54. The summed E-state index contributed by atoms with van der Waals surface area (Å²) in [5.41, 5.74) is 5.41. The Bertz CT molecular complexity index is 1420. The number of anilines is 1. The van der Waals surface area contributed by atoms with Gasteiger partial charge in [-0.2, -0.15) is 4.98 Å². The summed E-state index contributed by atoms with van der Waals surface area (Å²) in [5, 5.41) is 3.26. The van der Waals surface area contributed by atoms with E-state index in [0.29, 0.717) is 40.6 Å². The lowest BCUT2D eigenvalue weighted by atomic mass is 9.83. The number of carbonyl (C=O) groups is 2. The first-order valence-electron chi connectivity index (χ1n) is 13.5. The molecule has 2 atom stereocenters. The van der Waals surface area contributed by atoms with Gasteiger partial charge in [-0.25, -0.2) is 14.8 Å². The molecule has 0 bridgehead atoms. The zero-order valence-electron chi connectivity index (χ0n) is 22.4. The number of nitrogens with one attached hydrogen (secondary N) is 2. The van der Waals surface area contributed by atoms with Crippen LogP contribution in [0.15, 0.2) is 24.3 Å². The Morgan fingerprint density at radius 3 is 2.62 bits per heavy atom. The summed E-state index contributed by atoms with van der Waals surface area (Å²) < 4.78 is 2.21. The van der Waals surface area contributed by atoms with E-state index in [1.807, 2.05) is 31.3 Å². The van der Waals surface area contributed by atoms with Crippen molar-refractivity contribution in [3.8, 4) is 11.3 Å². The molecular formula is C27H33ClN8O3. The average molecular weight is 553 g/mol. The molecule has 12 heteroatoms. The number of amides is 2. The van der Waals surface area contributed by atoms with Crippen molar-refractivity contribution in [3.05, 3.63) is 35.1 Å². The van der Waals surface area contributed by atoms with E-state index in [-0.39, 0.29) is 18.5 Å². The van der Waals surface area contributed by atoms with Crippen LogP contribution >= 0.6 is 11.6 Å². The molecule has 1 aromatic carbocycles. The number of benzene rings is 1. The van der Waals surface area contributed by atoms with Gasteiger partial charge >= 0.3 is 6.09 Å². The molecule has 2 aliphatic heterocycles. The molecule has 0 spiro atoms. The molecule has 2 amide bonds. The van der Waals surface area contributed by atoms with Gasteiger partial charge in [-0.3, -0.25) is 10.1 Å². The molecule has 4 heterocycles. The van der Waals surface area contributed by atoms with Crippen LogP contribution in [0.1, 0.15) is 51.5 Å². The minimum absolute atomic E-state index is 0.0510. The summed E-state index contributed by atoms with van der Waals surface area (Å²) in [6.07, 6.45) is 3.35. The molecule has 6 rings (SSSR count). The number of likely N-dealkylation sites (N-methyl/N-ethyl adjacent to an activating group) is 1. The zero-order chi connectivity index (χ0) is 27.3. The molecule has 3 fully saturated rings. The summed E-state index contributed by atoms with van der Waals surface area (Å²) in [5.74, 6) is 2.31. The first-order valence-corrected chi connectivity index (χ1v) is 13.9. The summed E-state index contributed by atoms with van der Waals surface area (Å²) in [4.78, 5) is 48.0. The topological polar surface area (TPSA) is 118 Å². The maximum atomic E-state index is 12.8. The van der Waals surface area contributed by atoms with Crippen LogP contribution < -0.4 is 15.7 Å². The third-order valence-corrected chi connectivity index (χ3v) is 8.36. The molecular weight excluding hydrogens is 520 g/mol. The van der Waals surface area contributed by atoms with Crippen LogP contribution in [0.4, 0.5) is 10.7 Å². The number of hydroxylamine groups is 1. The standard InChI is InChI=1S/C27H33ClN8O3/c1-15-7-9-17(10-8-15)13-36-22-21(18-5-4-6-19(28)11-18)29-24(25-32-27(38)39-33-25)30-23(22)31-26(36)35-14-20(37)34(3)12-16(35)2/h4-6,11,15-17,25,33H,7-10,12-14H2,1-3H3,(H,32,38)/t15?,16-,17?,25?/m1/s1. The summed E-state index contributed by atoms with van der Waals surface area (Å²) in [6.45, 7) is 6.03. The van der Waals surface area contributed by atoms with E-state index in [1.165, 1.54) is 12.8 Å². The van der Waals surface area contributed by atoms with Crippen molar-refractivity contribution < 1.29 is 14.4 Å². The van der Waals surface area contributed by atoms with E-state index in [4.69, 9.17) is 31.4 Å². The first kappa shape index (κ1) is 25.8. The van der Waals surface area contributed by atoms with Crippen molar-refractivity contribution in [2.45, 2.75) is 58.3 Å². The fourth-order valence-electron chi connectivity index (χ4n) is 5.86. The zero-order valence-corrected chi connectivity index (χ0v) is 23.1. The minimum atomic E-state index is -0.725. The van der Waals surface area contributed by atoms with Crippen molar-refractivity contribution in [2.75, 3.05) is 25.0 Å². The van der Waals surface area contributed by atoms with E-state index < -0.39 is 12.3 Å². The number of piperazine rings is 1. The highest BCUT2D eigenvalue weighted by Gasteiger charge is 2.34. The van der Waals surface area contributed by atoms with Gasteiger partial charge in [0.15, 0.2) is 17.6 Å². The number of fused-ring (bicyclic) bond motifs is 1. The average Bonchev–Trinajstić information content (AvgIpc) is 3.50. The van der Waals surface area contributed by atoms with E-state index in [1.54, 1.807) is 4.90 Å². The number of hydrogen-bond acceptors (Lipinski definition) is 8. The van der Waals surface area contributed by atoms with E-state index in [9.17, 15) is 9.59 Å². The predicted molar refractivity (Wildman–Crippen MR) is 147 cm³/mol. The normalized spacial score (nSPS) is 25.7. The summed E-state index contributed by atoms with van der Waals surface area (Å²) in [7, 11) is 1.84. The first-order chi connectivity index (χ1) is 18.8. The van der Waals surface area contributed by atoms with E-state index >= 15 is 0 Å². The van der Waals surface area contributed by atoms with Crippen molar-refractivity contribution >= 4 is 40.7 Å². The van der Waals surface area contributed by atoms with Gasteiger partial charge in [-0.1, -0.05) is 43.5 Å². The van der Waals surface area contributed by atoms with Crippen LogP contribution in [-0.4, -0.2) is 62.6 Å².